The van der Waals surface area contributed by atoms with Crippen LogP contribution in [0.25, 0.3) is 0 Å². The zero-order chi connectivity index (χ0) is 17.5. The molecule has 0 saturated carbocycles. The lowest BCUT2D eigenvalue weighted by atomic mass is 10.1. The molecular formula is C18H18N2O4. The Kier molecular flexibility index (Phi) is 5.68. The van der Waals surface area contributed by atoms with Gasteiger partial charge >= 0.3 is 0 Å². The van der Waals surface area contributed by atoms with Gasteiger partial charge < -0.3 is 15.4 Å². The van der Waals surface area contributed by atoms with E-state index in [4.69, 9.17) is 4.74 Å². The van der Waals surface area contributed by atoms with Crippen LogP contribution in [0.15, 0.2) is 48.5 Å². The molecule has 0 bridgehead atoms. The summed E-state index contributed by atoms with van der Waals surface area (Å²) in [6, 6.07) is 13.5. The van der Waals surface area contributed by atoms with Crippen LogP contribution in [0.2, 0.25) is 0 Å². The third-order valence-corrected chi connectivity index (χ3v) is 3.13. The Labute approximate surface area is 139 Å². The number of nitrogens with one attached hydrogen (secondary N) is 2. The Morgan fingerprint density at radius 2 is 1.58 bits per heavy atom. The quantitative estimate of drug-likeness (QED) is 0.799. The van der Waals surface area contributed by atoms with Crippen molar-refractivity contribution in [1.82, 2.24) is 0 Å². The second-order valence-corrected chi connectivity index (χ2v) is 5.15. The molecule has 2 aromatic carbocycles. The molecular weight excluding hydrogens is 308 g/mol. The highest BCUT2D eigenvalue weighted by atomic mass is 16.5. The summed E-state index contributed by atoms with van der Waals surface area (Å²) in [6.07, 6.45) is 0. The average Bonchev–Trinajstić information content (AvgIpc) is 2.54. The van der Waals surface area contributed by atoms with Crippen molar-refractivity contribution in [2.45, 2.75) is 13.8 Å². The molecule has 0 aliphatic rings. The molecule has 6 heteroatoms. The van der Waals surface area contributed by atoms with E-state index in [1.807, 2.05) is 0 Å². The summed E-state index contributed by atoms with van der Waals surface area (Å²) < 4.78 is 5.45. The number of Topliss-reactive ketones (excluding diaryl/α,β-unsaturated/α-hetero) is 1. The van der Waals surface area contributed by atoms with Crippen molar-refractivity contribution in [2.24, 2.45) is 0 Å². The highest BCUT2D eigenvalue weighted by molar-refractivity contribution is 5.96. The minimum Gasteiger partial charge on any atom is -0.482 e. The zero-order valence-electron chi connectivity index (χ0n) is 13.5. The average molecular weight is 326 g/mol. The van der Waals surface area contributed by atoms with Gasteiger partial charge in [-0.05, 0) is 43.3 Å². The number of ketones is 1. The molecule has 0 fully saturated rings. The van der Waals surface area contributed by atoms with Gasteiger partial charge in [-0.25, -0.2) is 0 Å². The number of para-hydroxylation sites is 2. The van der Waals surface area contributed by atoms with Crippen LogP contribution in [0.1, 0.15) is 24.2 Å². The lowest BCUT2D eigenvalue weighted by molar-refractivity contribution is -0.118. The van der Waals surface area contributed by atoms with Crippen molar-refractivity contribution in [3.63, 3.8) is 0 Å². The van der Waals surface area contributed by atoms with Crippen LogP contribution in [0.3, 0.4) is 0 Å². The van der Waals surface area contributed by atoms with Crippen molar-refractivity contribution < 1.29 is 19.1 Å². The molecule has 0 aliphatic heterocycles. The van der Waals surface area contributed by atoms with Crippen molar-refractivity contribution in [1.29, 1.82) is 0 Å². The fourth-order valence-corrected chi connectivity index (χ4v) is 2.01. The van der Waals surface area contributed by atoms with Crippen molar-refractivity contribution in [3.05, 3.63) is 54.1 Å². The van der Waals surface area contributed by atoms with Gasteiger partial charge in [0, 0.05) is 18.2 Å². The summed E-state index contributed by atoms with van der Waals surface area (Å²) in [5.74, 6) is -0.190. The van der Waals surface area contributed by atoms with Gasteiger partial charge in [-0.2, -0.15) is 0 Å². The Bertz CT molecular complexity index is 754. The highest BCUT2D eigenvalue weighted by Crippen LogP contribution is 2.23. The van der Waals surface area contributed by atoms with Crippen molar-refractivity contribution >= 4 is 29.0 Å². The molecule has 2 rings (SSSR count). The number of carbonyl (C=O) groups is 3. The van der Waals surface area contributed by atoms with Gasteiger partial charge in [0.25, 0.3) is 5.91 Å². The van der Waals surface area contributed by atoms with Gasteiger partial charge in [-0.3, -0.25) is 14.4 Å². The number of ether oxygens (including phenoxy) is 1. The SMILES string of the molecule is CC(=O)Nc1ccccc1OCC(=O)Nc1ccc(C(C)=O)cc1. The van der Waals surface area contributed by atoms with Gasteiger partial charge in [0.05, 0.1) is 5.69 Å². The van der Waals surface area contributed by atoms with E-state index in [1.165, 1.54) is 13.8 Å². The minimum absolute atomic E-state index is 0.0363. The third kappa shape index (κ3) is 4.95. The van der Waals surface area contributed by atoms with Crippen LogP contribution in [0.4, 0.5) is 11.4 Å². The molecule has 0 saturated heterocycles. The van der Waals surface area contributed by atoms with E-state index in [2.05, 4.69) is 10.6 Å². The third-order valence-electron chi connectivity index (χ3n) is 3.13. The molecule has 0 radical (unpaired) electrons. The second kappa shape index (κ2) is 7.92. The summed E-state index contributed by atoms with van der Waals surface area (Å²) >= 11 is 0. The molecule has 0 heterocycles. The van der Waals surface area contributed by atoms with E-state index in [1.54, 1.807) is 48.5 Å². The van der Waals surface area contributed by atoms with Crippen LogP contribution in [0, 0.1) is 0 Å². The first-order valence-electron chi connectivity index (χ1n) is 7.36. The molecule has 0 unspecified atom stereocenters. The maximum Gasteiger partial charge on any atom is 0.262 e. The fourth-order valence-electron chi connectivity index (χ4n) is 2.01. The Balaban J connectivity index is 1.94. The summed E-state index contributed by atoms with van der Waals surface area (Å²) in [4.78, 5) is 34.3. The van der Waals surface area contributed by atoms with Crippen molar-refractivity contribution in [2.75, 3.05) is 17.2 Å². The molecule has 0 spiro atoms. The fraction of sp³-hybridized carbons (Fsp3) is 0.167. The topological polar surface area (TPSA) is 84.5 Å². The first-order valence-corrected chi connectivity index (χ1v) is 7.36. The van der Waals surface area contributed by atoms with Gasteiger partial charge in [0.1, 0.15) is 5.75 Å². The first-order chi connectivity index (χ1) is 11.5. The molecule has 2 amide bonds. The summed E-state index contributed by atoms with van der Waals surface area (Å²) in [5, 5.41) is 5.31. The van der Waals surface area contributed by atoms with Crippen molar-refractivity contribution in [3.8, 4) is 5.75 Å². The molecule has 2 aromatic rings. The summed E-state index contributed by atoms with van der Waals surface area (Å²) in [7, 11) is 0. The molecule has 0 aliphatic carbocycles. The van der Waals surface area contributed by atoms with Crippen LogP contribution in [-0.2, 0) is 9.59 Å². The van der Waals surface area contributed by atoms with Crippen LogP contribution >= 0.6 is 0 Å². The highest BCUT2D eigenvalue weighted by Gasteiger charge is 2.08. The van der Waals surface area contributed by atoms with Crippen LogP contribution < -0.4 is 15.4 Å². The molecule has 24 heavy (non-hydrogen) atoms. The monoisotopic (exact) mass is 326 g/mol. The number of anilines is 2. The van der Waals surface area contributed by atoms with E-state index in [0.717, 1.165) is 0 Å². The lowest BCUT2D eigenvalue weighted by Crippen LogP contribution is -2.20. The number of amides is 2. The normalized spacial score (nSPS) is 9.92. The zero-order valence-corrected chi connectivity index (χ0v) is 13.5. The number of rotatable bonds is 6. The predicted molar refractivity (Wildman–Crippen MR) is 91.3 cm³/mol. The standard InChI is InChI=1S/C18H18N2O4/c1-12(21)14-7-9-15(10-8-14)20-18(23)11-24-17-6-4-3-5-16(17)19-13(2)22/h3-10H,11H2,1-2H3,(H,19,22)(H,20,23). The Hall–Kier alpha value is -3.15. The largest absolute Gasteiger partial charge is 0.482 e. The van der Waals surface area contributed by atoms with Crippen LogP contribution in [0.5, 0.6) is 5.75 Å². The molecule has 124 valence electrons. The van der Waals surface area contributed by atoms with E-state index in [-0.39, 0.29) is 24.2 Å². The molecule has 2 N–H and O–H groups in total. The minimum atomic E-state index is -0.344. The number of hydrogen-bond acceptors (Lipinski definition) is 4. The summed E-state index contributed by atoms with van der Waals surface area (Å²) in [6.45, 7) is 2.67. The van der Waals surface area contributed by atoms with Crippen LogP contribution in [-0.4, -0.2) is 24.2 Å². The lowest BCUT2D eigenvalue weighted by Gasteiger charge is -2.11. The first kappa shape index (κ1) is 17.2. The van der Waals surface area contributed by atoms with E-state index in [9.17, 15) is 14.4 Å². The van der Waals surface area contributed by atoms with Gasteiger partial charge in [0.2, 0.25) is 5.91 Å². The number of benzene rings is 2. The Morgan fingerprint density at radius 3 is 2.21 bits per heavy atom. The second-order valence-electron chi connectivity index (χ2n) is 5.15. The molecule has 0 atom stereocenters. The Morgan fingerprint density at radius 1 is 0.917 bits per heavy atom. The smallest absolute Gasteiger partial charge is 0.262 e. The summed E-state index contributed by atoms with van der Waals surface area (Å²) in [5.41, 5.74) is 1.65. The maximum atomic E-state index is 11.9. The van der Waals surface area contributed by atoms with Gasteiger partial charge in [-0.15, -0.1) is 0 Å². The van der Waals surface area contributed by atoms with Gasteiger partial charge in [-0.1, -0.05) is 12.1 Å². The van der Waals surface area contributed by atoms with Gasteiger partial charge in [0.15, 0.2) is 12.4 Å². The predicted octanol–water partition coefficient (Wildman–Crippen LogP) is 2.87. The van der Waals surface area contributed by atoms with E-state index in [0.29, 0.717) is 22.7 Å². The molecule has 0 aromatic heterocycles. The maximum absolute atomic E-state index is 11.9. The number of hydrogen-bond donors (Lipinski definition) is 2. The molecule has 6 nitrogen and oxygen atoms in total. The van der Waals surface area contributed by atoms with E-state index < -0.39 is 0 Å². The van der Waals surface area contributed by atoms with E-state index >= 15 is 0 Å². The number of carbonyl (C=O) groups excluding carboxylic acids is 3.